The Balaban J connectivity index is 2.03. The molecule has 0 unspecified atom stereocenters. The molecule has 0 amide bonds. The summed E-state index contributed by atoms with van der Waals surface area (Å²) in [6.07, 6.45) is 0.937. The highest BCUT2D eigenvalue weighted by Gasteiger charge is 1.94. The van der Waals surface area contributed by atoms with E-state index in [0.29, 0.717) is 25.6 Å². The SMILES string of the molecule is Fc1cccc(CNCCCOCCCl)c1. The Morgan fingerprint density at radius 3 is 2.94 bits per heavy atom. The van der Waals surface area contributed by atoms with E-state index in [4.69, 9.17) is 16.3 Å². The summed E-state index contributed by atoms with van der Waals surface area (Å²) in [5, 5.41) is 3.23. The van der Waals surface area contributed by atoms with Crippen molar-refractivity contribution < 1.29 is 9.13 Å². The summed E-state index contributed by atoms with van der Waals surface area (Å²) >= 11 is 5.46. The normalized spacial score (nSPS) is 10.6. The summed E-state index contributed by atoms with van der Waals surface area (Å²) < 4.78 is 18.0. The van der Waals surface area contributed by atoms with Gasteiger partial charge in [0.2, 0.25) is 0 Å². The van der Waals surface area contributed by atoms with Crippen LogP contribution in [0.25, 0.3) is 0 Å². The molecule has 1 N–H and O–H groups in total. The maximum Gasteiger partial charge on any atom is 0.123 e. The summed E-state index contributed by atoms with van der Waals surface area (Å²) in [6.45, 7) is 2.86. The number of nitrogens with one attached hydrogen (secondary N) is 1. The maximum atomic E-state index is 12.8. The summed E-state index contributed by atoms with van der Waals surface area (Å²) in [7, 11) is 0. The van der Waals surface area contributed by atoms with Gasteiger partial charge in [-0.2, -0.15) is 0 Å². The van der Waals surface area contributed by atoms with E-state index in [1.54, 1.807) is 6.07 Å². The zero-order chi connectivity index (χ0) is 11.6. The molecule has 0 heterocycles. The average molecular weight is 246 g/mol. The smallest absolute Gasteiger partial charge is 0.123 e. The third-order valence-electron chi connectivity index (χ3n) is 2.08. The molecule has 0 aromatic heterocycles. The van der Waals surface area contributed by atoms with Crippen molar-refractivity contribution in [2.45, 2.75) is 13.0 Å². The van der Waals surface area contributed by atoms with Crippen LogP contribution in [0.1, 0.15) is 12.0 Å². The first-order valence-electron chi connectivity index (χ1n) is 5.42. The number of hydrogen-bond acceptors (Lipinski definition) is 2. The number of rotatable bonds is 8. The van der Waals surface area contributed by atoms with Crippen LogP contribution in [-0.2, 0) is 11.3 Å². The summed E-state index contributed by atoms with van der Waals surface area (Å²) in [6, 6.07) is 6.61. The van der Waals surface area contributed by atoms with Crippen molar-refractivity contribution in [3.63, 3.8) is 0 Å². The minimum atomic E-state index is -0.190. The van der Waals surface area contributed by atoms with Gasteiger partial charge in [-0.1, -0.05) is 12.1 Å². The van der Waals surface area contributed by atoms with E-state index in [-0.39, 0.29) is 5.82 Å². The quantitative estimate of drug-likeness (QED) is 0.562. The Kier molecular flexibility index (Phi) is 7.14. The van der Waals surface area contributed by atoms with Crippen molar-refractivity contribution >= 4 is 11.6 Å². The number of ether oxygens (including phenoxy) is 1. The van der Waals surface area contributed by atoms with Crippen molar-refractivity contribution in [2.24, 2.45) is 0 Å². The van der Waals surface area contributed by atoms with Crippen LogP contribution in [0.3, 0.4) is 0 Å². The fourth-order valence-electron chi connectivity index (χ4n) is 1.34. The Morgan fingerprint density at radius 1 is 1.31 bits per heavy atom. The standard InChI is InChI=1S/C12H17ClFNO/c13-5-8-16-7-2-6-15-10-11-3-1-4-12(14)9-11/h1,3-4,9,15H,2,5-8,10H2. The monoisotopic (exact) mass is 245 g/mol. The molecule has 0 spiro atoms. The van der Waals surface area contributed by atoms with E-state index in [1.165, 1.54) is 12.1 Å². The maximum absolute atomic E-state index is 12.8. The summed E-state index contributed by atoms with van der Waals surface area (Å²) in [5.41, 5.74) is 0.960. The molecule has 0 aliphatic heterocycles. The molecule has 0 atom stereocenters. The van der Waals surface area contributed by atoms with Crippen molar-refractivity contribution in [2.75, 3.05) is 25.6 Å². The third kappa shape index (κ3) is 6.05. The Labute approximate surface area is 101 Å². The van der Waals surface area contributed by atoms with Gasteiger partial charge >= 0.3 is 0 Å². The van der Waals surface area contributed by atoms with Crippen LogP contribution in [0.2, 0.25) is 0 Å². The van der Waals surface area contributed by atoms with Crippen molar-refractivity contribution in [1.82, 2.24) is 5.32 Å². The lowest BCUT2D eigenvalue weighted by Crippen LogP contribution is -2.16. The van der Waals surface area contributed by atoms with Gasteiger partial charge < -0.3 is 10.1 Å². The molecule has 4 heteroatoms. The van der Waals surface area contributed by atoms with Gasteiger partial charge in [-0.25, -0.2) is 4.39 Å². The largest absolute Gasteiger partial charge is 0.380 e. The van der Waals surface area contributed by atoms with Crippen LogP contribution >= 0.6 is 11.6 Å². The zero-order valence-corrected chi connectivity index (χ0v) is 9.97. The number of halogens is 2. The highest BCUT2D eigenvalue weighted by atomic mass is 35.5. The van der Waals surface area contributed by atoms with Gasteiger partial charge in [-0.15, -0.1) is 11.6 Å². The van der Waals surface area contributed by atoms with E-state index in [9.17, 15) is 4.39 Å². The first-order chi connectivity index (χ1) is 7.83. The fraction of sp³-hybridized carbons (Fsp3) is 0.500. The van der Waals surface area contributed by atoms with Gasteiger partial charge in [0.05, 0.1) is 6.61 Å². The van der Waals surface area contributed by atoms with E-state index >= 15 is 0 Å². The molecule has 0 aliphatic carbocycles. The van der Waals surface area contributed by atoms with Gasteiger partial charge in [-0.05, 0) is 30.7 Å². The lowest BCUT2D eigenvalue weighted by molar-refractivity contribution is 0.146. The molecule has 0 aliphatic rings. The molecule has 1 aromatic rings. The second kappa shape index (κ2) is 8.50. The lowest BCUT2D eigenvalue weighted by atomic mass is 10.2. The molecule has 1 rings (SSSR count). The van der Waals surface area contributed by atoms with Gasteiger partial charge in [0.25, 0.3) is 0 Å². The molecule has 90 valence electrons. The van der Waals surface area contributed by atoms with Crippen LogP contribution in [0.4, 0.5) is 4.39 Å². The third-order valence-corrected chi connectivity index (χ3v) is 2.24. The van der Waals surface area contributed by atoms with Crippen molar-refractivity contribution in [3.8, 4) is 0 Å². The molecular formula is C12H17ClFNO. The second-order valence-corrected chi connectivity index (χ2v) is 3.84. The molecule has 0 saturated carbocycles. The molecule has 0 saturated heterocycles. The number of alkyl halides is 1. The van der Waals surface area contributed by atoms with E-state index in [0.717, 1.165) is 18.5 Å². The Hall–Kier alpha value is -0.640. The van der Waals surface area contributed by atoms with Gasteiger partial charge in [-0.3, -0.25) is 0 Å². The molecular weight excluding hydrogens is 229 g/mol. The molecule has 0 radical (unpaired) electrons. The average Bonchev–Trinajstić information content (AvgIpc) is 2.28. The molecule has 0 fully saturated rings. The Bertz CT molecular complexity index is 296. The first kappa shape index (κ1) is 13.4. The van der Waals surface area contributed by atoms with Crippen LogP contribution in [0.15, 0.2) is 24.3 Å². The van der Waals surface area contributed by atoms with E-state index in [2.05, 4.69) is 5.32 Å². The van der Waals surface area contributed by atoms with E-state index in [1.807, 2.05) is 6.07 Å². The molecule has 16 heavy (non-hydrogen) atoms. The number of hydrogen-bond donors (Lipinski definition) is 1. The van der Waals surface area contributed by atoms with Crippen LogP contribution in [0.5, 0.6) is 0 Å². The van der Waals surface area contributed by atoms with Crippen molar-refractivity contribution in [1.29, 1.82) is 0 Å². The Morgan fingerprint density at radius 2 is 2.19 bits per heavy atom. The van der Waals surface area contributed by atoms with Gasteiger partial charge in [0.1, 0.15) is 5.82 Å². The predicted octanol–water partition coefficient (Wildman–Crippen LogP) is 2.56. The predicted molar refractivity (Wildman–Crippen MR) is 64.3 cm³/mol. The minimum absolute atomic E-state index is 0.190. The molecule has 0 bridgehead atoms. The first-order valence-corrected chi connectivity index (χ1v) is 5.95. The minimum Gasteiger partial charge on any atom is -0.380 e. The zero-order valence-electron chi connectivity index (χ0n) is 9.22. The number of benzene rings is 1. The van der Waals surface area contributed by atoms with Crippen LogP contribution < -0.4 is 5.32 Å². The van der Waals surface area contributed by atoms with Gasteiger partial charge in [0.15, 0.2) is 0 Å². The highest BCUT2D eigenvalue weighted by Crippen LogP contribution is 2.02. The van der Waals surface area contributed by atoms with E-state index < -0.39 is 0 Å². The van der Waals surface area contributed by atoms with Crippen molar-refractivity contribution in [3.05, 3.63) is 35.6 Å². The molecule has 1 aromatic carbocycles. The second-order valence-electron chi connectivity index (χ2n) is 3.46. The summed E-state index contributed by atoms with van der Waals surface area (Å²) in [5.74, 6) is 0.348. The fourth-order valence-corrected chi connectivity index (χ4v) is 1.44. The van der Waals surface area contributed by atoms with Crippen LogP contribution in [0, 0.1) is 5.82 Å². The topological polar surface area (TPSA) is 21.3 Å². The highest BCUT2D eigenvalue weighted by molar-refractivity contribution is 6.17. The summed E-state index contributed by atoms with van der Waals surface area (Å²) in [4.78, 5) is 0. The van der Waals surface area contributed by atoms with Crippen LogP contribution in [-0.4, -0.2) is 25.6 Å². The van der Waals surface area contributed by atoms with Gasteiger partial charge in [0, 0.05) is 19.0 Å². The molecule has 2 nitrogen and oxygen atoms in total. The lowest BCUT2D eigenvalue weighted by Gasteiger charge is -2.05.